The Hall–Kier alpha value is -2.23. The lowest BCUT2D eigenvalue weighted by atomic mass is 10.6. The van der Waals surface area contributed by atoms with E-state index in [4.69, 9.17) is 5.26 Å². The Morgan fingerprint density at radius 3 is 3.00 bits per heavy atom. The summed E-state index contributed by atoms with van der Waals surface area (Å²) in [6.45, 7) is 1.23. The van der Waals surface area contributed by atoms with E-state index in [1.54, 1.807) is 7.05 Å². The van der Waals surface area contributed by atoms with E-state index in [1.165, 1.54) is 11.6 Å². The molecule has 0 aliphatic carbocycles. The minimum atomic E-state index is -0.530. The third-order valence-corrected chi connectivity index (χ3v) is 1.23. The lowest BCUT2D eigenvalue weighted by Gasteiger charge is -1.85. The van der Waals surface area contributed by atoms with Crippen molar-refractivity contribution >= 4 is 12.2 Å². The van der Waals surface area contributed by atoms with Gasteiger partial charge in [0.15, 0.2) is 5.82 Å². The van der Waals surface area contributed by atoms with E-state index in [1.807, 2.05) is 6.07 Å². The van der Waals surface area contributed by atoms with Gasteiger partial charge in [-0.1, -0.05) is 5.16 Å². The number of rotatable bonds is 2. The van der Waals surface area contributed by atoms with Crippen molar-refractivity contribution in [3.8, 4) is 6.07 Å². The molecule has 72 valence electrons. The summed E-state index contributed by atoms with van der Waals surface area (Å²) in [7, 11) is 1.58. The molecule has 0 saturated heterocycles. The molecule has 0 fully saturated rings. The molecule has 1 heterocycles. The summed E-state index contributed by atoms with van der Waals surface area (Å²) in [6, 6.07) is 1.83. The summed E-state index contributed by atoms with van der Waals surface area (Å²) in [4.78, 5) is 18.4. The molecule has 1 aromatic heterocycles. The average molecular weight is 193 g/mol. The lowest BCUT2D eigenvalue weighted by Crippen LogP contribution is -1.95. The van der Waals surface area contributed by atoms with Crippen LogP contribution in [0.4, 0.5) is 0 Å². The van der Waals surface area contributed by atoms with Gasteiger partial charge in [0.25, 0.3) is 0 Å². The van der Waals surface area contributed by atoms with Gasteiger partial charge < -0.3 is 4.84 Å². The van der Waals surface area contributed by atoms with Crippen LogP contribution in [0.2, 0.25) is 0 Å². The van der Waals surface area contributed by atoms with Crippen LogP contribution in [0.1, 0.15) is 18.6 Å². The fourth-order valence-corrected chi connectivity index (χ4v) is 0.704. The number of aryl methyl sites for hydroxylation is 1. The molecule has 7 heteroatoms. The number of nitrogens with zero attached hydrogens (tertiary/aromatic N) is 5. The van der Waals surface area contributed by atoms with Gasteiger partial charge in [0.1, 0.15) is 12.3 Å². The summed E-state index contributed by atoms with van der Waals surface area (Å²) < 4.78 is 1.30. The zero-order chi connectivity index (χ0) is 10.6. The first-order valence-corrected chi connectivity index (χ1v) is 3.65. The second-order valence-electron chi connectivity index (χ2n) is 2.35. The number of hydrogen-bond acceptors (Lipinski definition) is 6. The van der Waals surface area contributed by atoms with Crippen LogP contribution in [-0.2, 0) is 16.7 Å². The van der Waals surface area contributed by atoms with Crippen LogP contribution in [0, 0.1) is 11.3 Å². The van der Waals surface area contributed by atoms with Gasteiger partial charge in [0.05, 0.1) is 0 Å². The van der Waals surface area contributed by atoms with Gasteiger partial charge in [0, 0.05) is 14.0 Å². The highest BCUT2D eigenvalue weighted by Gasteiger charge is 2.03. The first kappa shape index (κ1) is 9.85. The maximum absolute atomic E-state index is 10.3. The molecule has 0 aliphatic rings. The van der Waals surface area contributed by atoms with Crippen molar-refractivity contribution in [3.63, 3.8) is 0 Å². The fraction of sp³-hybridized carbons (Fsp3) is 0.286. The highest BCUT2D eigenvalue weighted by atomic mass is 16.7. The van der Waals surface area contributed by atoms with Gasteiger partial charge in [-0.3, -0.25) is 0 Å². The third-order valence-electron chi connectivity index (χ3n) is 1.23. The Labute approximate surface area is 79.6 Å². The van der Waals surface area contributed by atoms with Crippen molar-refractivity contribution in [2.24, 2.45) is 12.2 Å². The van der Waals surface area contributed by atoms with E-state index in [-0.39, 0.29) is 11.6 Å². The van der Waals surface area contributed by atoms with E-state index < -0.39 is 5.97 Å². The first-order valence-electron chi connectivity index (χ1n) is 3.65. The summed E-state index contributed by atoms with van der Waals surface area (Å²) in [5, 5.41) is 15.7. The van der Waals surface area contributed by atoms with Gasteiger partial charge in [0.2, 0.25) is 5.82 Å². The Morgan fingerprint density at radius 1 is 1.79 bits per heavy atom. The lowest BCUT2D eigenvalue weighted by molar-refractivity contribution is -0.140. The topological polar surface area (TPSA) is 93.2 Å². The molecule has 0 saturated carbocycles. The number of carbonyl (C=O) groups is 1. The standard InChI is InChI=1S/C7H7N5O2/c1-5(13)14-9-4-6-10-7(3-8)12(2)11-6/h4H,1-2H3. The second kappa shape index (κ2) is 4.13. The van der Waals surface area contributed by atoms with Gasteiger partial charge >= 0.3 is 5.97 Å². The number of oxime groups is 1. The Morgan fingerprint density at radius 2 is 2.50 bits per heavy atom. The van der Waals surface area contributed by atoms with Crippen LogP contribution < -0.4 is 0 Å². The van der Waals surface area contributed by atoms with E-state index in [2.05, 4.69) is 20.1 Å². The van der Waals surface area contributed by atoms with E-state index in [0.29, 0.717) is 0 Å². The molecule has 7 nitrogen and oxygen atoms in total. The maximum atomic E-state index is 10.3. The molecular weight excluding hydrogens is 186 g/mol. The molecule has 14 heavy (non-hydrogen) atoms. The van der Waals surface area contributed by atoms with E-state index in [9.17, 15) is 4.79 Å². The molecule has 1 aromatic rings. The smallest absolute Gasteiger partial charge is 0.318 e. The van der Waals surface area contributed by atoms with Crippen molar-refractivity contribution in [3.05, 3.63) is 11.6 Å². The molecule has 0 radical (unpaired) electrons. The summed E-state index contributed by atoms with van der Waals surface area (Å²) in [5.74, 6) is -0.155. The normalized spacial score (nSPS) is 10.1. The highest BCUT2D eigenvalue weighted by Crippen LogP contribution is 1.92. The molecular formula is C7H7N5O2. The fourth-order valence-electron chi connectivity index (χ4n) is 0.704. The van der Waals surface area contributed by atoms with Crippen molar-refractivity contribution in [1.82, 2.24) is 14.8 Å². The van der Waals surface area contributed by atoms with Crippen molar-refractivity contribution in [1.29, 1.82) is 5.26 Å². The Bertz CT molecular complexity index is 414. The van der Waals surface area contributed by atoms with Gasteiger partial charge in [-0.15, -0.1) is 5.10 Å². The molecule has 0 N–H and O–H groups in total. The van der Waals surface area contributed by atoms with Gasteiger partial charge in [-0.2, -0.15) is 10.2 Å². The third kappa shape index (κ3) is 2.38. The maximum Gasteiger partial charge on any atom is 0.331 e. The predicted octanol–water partition coefficient (Wildman–Crippen LogP) is -0.416. The van der Waals surface area contributed by atoms with E-state index >= 15 is 0 Å². The predicted molar refractivity (Wildman–Crippen MR) is 45.1 cm³/mol. The van der Waals surface area contributed by atoms with Crippen LogP contribution in [0.15, 0.2) is 5.16 Å². The van der Waals surface area contributed by atoms with Gasteiger partial charge in [-0.05, 0) is 0 Å². The Kier molecular flexibility index (Phi) is 2.91. The first-order chi connectivity index (χ1) is 6.63. The Balaban J connectivity index is 2.74. The largest absolute Gasteiger partial charge is 0.331 e. The average Bonchev–Trinajstić information content (AvgIpc) is 2.45. The van der Waals surface area contributed by atoms with Gasteiger partial charge in [-0.25, -0.2) is 9.48 Å². The van der Waals surface area contributed by atoms with Crippen molar-refractivity contribution in [2.45, 2.75) is 6.92 Å². The number of nitriles is 1. The zero-order valence-corrected chi connectivity index (χ0v) is 7.63. The summed E-state index contributed by atoms with van der Waals surface area (Å²) >= 11 is 0. The van der Waals surface area contributed by atoms with Crippen LogP contribution in [0.5, 0.6) is 0 Å². The van der Waals surface area contributed by atoms with Crippen LogP contribution in [0.3, 0.4) is 0 Å². The van der Waals surface area contributed by atoms with Crippen LogP contribution >= 0.6 is 0 Å². The SMILES string of the molecule is CC(=O)ON=Cc1nc(C#N)n(C)n1. The van der Waals surface area contributed by atoms with Crippen LogP contribution in [-0.4, -0.2) is 26.9 Å². The van der Waals surface area contributed by atoms with Crippen molar-refractivity contribution < 1.29 is 9.63 Å². The number of hydrogen-bond donors (Lipinski definition) is 0. The summed E-state index contributed by atoms with van der Waals surface area (Å²) in [6.07, 6.45) is 1.16. The number of aromatic nitrogens is 3. The quantitative estimate of drug-likeness (QED) is 0.361. The molecule has 0 atom stereocenters. The zero-order valence-electron chi connectivity index (χ0n) is 7.63. The van der Waals surface area contributed by atoms with Crippen LogP contribution in [0.25, 0.3) is 0 Å². The van der Waals surface area contributed by atoms with Crippen molar-refractivity contribution in [2.75, 3.05) is 0 Å². The second-order valence-corrected chi connectivity index (χ2v) is 2.35. The van der Waals surface area contributed by atoms with E-state index in [0.717, 1.165) is 6.21 Å². The summed E-state index contributed by atoms with van der Waals surface area (Å²) in [5.41, 5.74) is 0. The number of carbonyl (C=O) groups excluding carboxylic acids is 1. The molecule has 0 spiro atoms. The molecule has 0 bridgehead atoms. The molecule has 0 amide bonds. The monoisotopic (exact) mass is 193 g/mol. The molecule has 1 rings (SSSR count). The minimum absolute atomic E-state index is 0.161. The minimum Gasteiger partial charge on any atom is -0.318 e. The molecule has 0 aliphatic heterocycles. The highest BCUT2D eigenvalue weighted by molar-refractivity contribution is 5.75. The molecule has 0 aromatic carbocycles. The molecule has 0 unspecified atom stereocenters.